The van der Waals surface area contributed by atoms with Gasteiger partial charge in [-0.15, -0.1) is 0 Å². The van der Waals surface area contributed by atoms with E-state index in [9.17, 15) is 20.1 Å². The minimum Gasteiger partial charge on any atom is -0.491 e. The van der Waals surface area contributed by atoms with E-state index >= 15 is 0 Å². The van der Waals surface area contributed by atoms with Gasteiger partial charge >= 0.3 is 0 Å². The first-order chi connectivity index (χ1) is 15.3. The summed E-state index contributed by atoms with van der Waals surface area (Å²) in [5.41, 5.74) is 7.38. The molecule has 0 bridgehead atoms. The van der Waals surface area contributed by atoms with Crippen LogP contribution in [0.5, 0.6) is 5.75 Å². The summed E-state index contributed by atoms with van der Waals surface area (Å²) < 4.78 is 12.5. The number of carbonyl (C=O) groups is 1. The van der Waals surface area contributed by atoms with Gasteiger partial charge in [0.2, 0.25) is 0 Å². The first kappa shape index (κ1) is 21.9. The van der Waals surface area contributed by atoms with E-state index in [2.05, 4.69) is 20.3 Å². The summed E-state index contributed by atoms with van der Waals surface area (Å²) in [6, 6.07) is 7.35. The largest absolute Gasteiger partial charge is 0.491 e. The zero-order chi connectivity index (χ0) is 22.8. The van der Waals surface area contributed by atoms with Crippen LogP contribution in [0.1, 0.15) is 11.8 Å². The van der Waals surface area contributed by atoms with Crippen molar-refractivity contribution >= 4 is 22.9 Å². The molecule has 2 unspecified atom stereocenters. The van der Waals surface area contributed by atoms with Gasteiger partial charge in [0, 0.05) is 6.54 Å². The molecule has 1 aliphatic rings. The molecule has 12 heteroatoms. The van der Waals surface area contributed by atoms with Crippen molar-refractivity contribution in [3.63, 3.8) is 0 Å². The fourth-order valence-electron chi connectivity index (χ4n) is 3.44. The molecule has 0 radical (unpaired) electrons. The van der Waals surface area contributed by atoms with E-state index in [4.69, 9.17) is 15.2 Å². The molecule has 32 heavy (non-hydrogen) atoms. The Labute approximate surface area is 182 Å². The number of amides is 1. The lowest BCUT2D eigenvalue weighted by Gasteiger charge is -2.17. The second kappa shape index (κ2) is 9.04. The summed E-state index contributed by atoms with van der Waals surface area (Å²) in [7, 11) is 0. The van der Waals surface area contributed by atoms with Crippen LogP contribution in [-0.4, -0.2) is 78.3 Å². The number of anilines is 1. The normalized spacial score (nSPS) is 23.9. The highest BCUT2D eigenvalue weighted by Crippen LogP contribution is 2.32. The lowest BCUT2D eigenvalue weighted by molar-refractivity contribution is -0.138. The molecule has 3 aromatic rings. The molecule has 1 aliphatic heterocycles. The molecule has 1 amide bonds. The molecule has 0 saturated carbocycles. The highest BCUT2D eigenvalue weighted by molar-refractivity contribution is 5.82. The topological polar surface area (TPSA) is 178 Å². The number of fused-ring (bicyclic) bond motifs is 1. The number of aryl methyl sites for hydroxylation is 1. The molecule has 5 atom stereocenters. The van der Waals surface area contributed by atoms with Gasteiger partial charge in [0.25, 0.3) is 5.91 Å². The number of aliphatic hydroxyl groups is 3. The zero-order valence-electron chi connectivity index (χ0n) is 17.2. The van der Waals surface area contributed by atoms with Crippen LogP contribution in [-0.2, 0) is 9.53 Å². The summed E-state index contributed by atoms with van der Waals surface area (Å²) in [6.07, 6.45) is -3.82. The van der Waals surface area contributed by atoms with Gasteiger partial charge in [-0.05, 0) is 24.6 Å². The highest BCUT2D eigenvalue weighted by Gasteiger charge is 2.47. The van der Waals surface area contributed by atoms with Crippen LogP contribution in [0, 0.1) is 6.92 Å². The average Bonchev–Trinajstić information content (AvgIpc) is 3.33. The van der Waals surface area contributed by atoms with Crippen molar-refractivity contribution in [3.05, 3.63) is 42.5 Å². The second-order valence-corrected chi connectivity index (χ2v) is 7.54. The number of hydrogen-bond donors (Lipinski definition) is 5. The third-order valence-corrected chi connectivity index (χ3v) is 5.10. The molecule has 2 aromatic heterocycles. The quantitative estimate of drug-likeness (QED) is 0.300. The number of ether oxygens (including phenoxy) is 2. The molecule has 3 heterocycles. The smallest absolute Gasteiger partial charge is 0.252 e. The molecule has 1 aromatic carbocycles. The maximum Gasteiger partial charge on any atom is 0.252 e. The Balaban J connectivity index is 1.35. The van der Waals surface area contributed by atoms with Crippen molar-refractivity contribution in [1.29, 1.82) is 0 Å². The van der Waals surface area contributed by atoms with E-state index in [-0.39, 0.29) is 19.0 Å². The molecule has 0 spiro atoms. The maximum atomic E-state index is 12.5. The molecule has 1 fully saturated rings. The van der Waals surface area contributed by atoms with Crippen LogP contribution in [0.25, 0.3) is 11.2 Å². The number of carbonyl (C=O) groups excluding carboxylic acids is 1. The van der Waals surface area contributed by atoms with Gasteiger partial charge < -0.3 is 35.8 Å². The third kappa shape index (κ3) is 4.34. The first-order valence-corrected chi connectivity index (χ1v) is 9.95. The van der Waals surface area contributed by atoms with Crippen molar-refractivity contribution in [2.75, 3.05) is 18.9 Å². The number of hydrogen-bond acceptors (Lipinski definition) is 10. The van der Waals surface area contributed by atoms with Crippen molar-refractivity contribution in [3.8, 4) is 5.75 Å². The fourth-order valence-corrected chi connectivity index (χ4v) is 3.44. The lowest BCUT2D eigenvalue weighted by Crippen LogP contribution is -2.45. The summed E-state index contributed by atoms with van der Waals surface area (Å²) in [4.78, 5) is 24.5. The van der Waals surface area contributed by atoms with Crippen molar-refractivity contribution in [2.24, 2.45) is 0 Å². The van der Waals surface area contributed by atoms with Crippen molar-refractivity contribution in [1.82, 2.24) is 24.8 Å². The number of aliphatic hydroxyl groups excluding tert-OH is 3. The fraction of sp³-hybridized carbons (Fsp3) is 0.400. The van der Waals surface area contributed by atoms with Gasteiger partial charge in [-0.2, -0.15) is 0 Å². The Morgan fingerprint density at radius 3 is 2.91 bits per heavy atom. The maximum absolute atomic E-state index is 12.5. The minimum absolute atomic E-state index is 0.0365. The number of nitrogen functional groups attached to an aromatic ring is 1. The zero-order valence-corrected chi connectivity index (χ0v) is 17.2. The number of benzene rings is 1. The first-order valence-electron chi connectivity index (χ1n) is 9.95. The van der Waals surface area contributed by atoms with Crippen LogP contribution >= 0.6 is 0 Å². The van der Waals surface area contributed by atoms with Gasteiger partial charge in [-0.3, -0.25) is 9.36 Å². The second-order valence-electron chi connectivity index (χ2n) is 7.54. The SMILES string of the molecule is Cc1cccc(OCC(O)CNC(=O)[C@H]2OC(n3cnc4c(N)ncnc43)[C@H](O)[C@@H]2O)c1. The van der Waals surface area contributed by atoms with E-state index in [1.807, 2.05) is 25.1 Å². The van der Waals surface area contributed by atoms with Gasteiger partial charge in [0.1, 0.15) is 42.5 Å². The molecule has 1 saturated heterocycles. The van der Waals surface area contributed by atoms with Gasteiger partial charge in [-0.1, -0.05) is 12.1 Å². The van der Waals surface area contributed by atoms with E-state index in [1.165, 1.54) is 17.2 Å². The number of nitrogens with one attached hydrogen (secondary N) is 1. The van der Waals surface area contributed by atoms with E-state index in [1.54, 1.807) is 6.07 Å². The van der Waals surface area contributed by atoms with Crippen LogP contribution in [0.2, 0.25) is 0 Å². The number of imidazole rings is 1. The predicted octanol–water partition coefficient (Wildman–Crippen LogP) is -1.11. The Hall–Kier alpha value is -3.32. The minimum atomic E-state index is -1.50. The Morgan fingerprint density at radius 1 is 1.31 bits per heavy atom. The summed E-state index contributed by atoms with van der Waals surface area (Å²) in [5, 5.41) is 33.4. The lowest BCUT2D eigenvalue weighted by atomic mass is 10.1. The van der Waals surface area contributed by atoms with E-state index in [0.717, 1.165) is 5.56 Å². The standard InChI is InChI=1S/C20H24N6O6/c1-10-3-2-4-12(5-10)31-7-11(27)6-22-19(30)16-14(28)15(29)20(32-16)26-9-25-13-17(21)23-8-24-18(13)26/h2-5,8-9,11,14-16,20,27-29H,6-7H2,1H3,(H,22,30)(H2,21,23,24)/t11?,14-,15+,16-,20?/m0/s1. The monoisotopic (exact) mass is 444 g/mol. The van der Waals surface area contributed by atoms with Crippen molar-refractivity contribution < 1.29 is 29.6 Å². The van der Waals surface area contributed by atoms with E-state index in [0.29, 0.717) is 16.9 Å². The number of rotatable bonds is 7. The molecular formula is C20H24N6O6. The summed E-state index contributed by atoms with van der Waals surface area (Å²) >= 11 is 0. The Kier molecular flexibility index (Phi) is 6.19. The number of nitrogens with two attached hydrogens (primary N) is 1. The van der Waals surface area contributed by atoms with Crippen LogP contribution in [0.3, 0.4) is 0 Å². The molecular weight excluding hydrogens is 420 g/mol. The average molecular weight is 444 g/mol. The van der Waals surface area contributed by atoms with Gasteiger partial charge in [0.15, 0.2) is 23.8 Å². The van der Waals surface area contributed by atoms with E-state index < -0.39 is 36.6 Å². The number of aromatic nitrogens is 4. The predicted molar refractivity (Wildman–Crippen MR) is 111 cm³/mol. The Bertz CT molecular complexity index is 1110. The van der Waals surface area contributed by atoms with Crippen LogP contribution < -0.4 is 15.8 Å². The highest BCUT2D eigenvalue weighted by atomic mass is 16.6. The molecule has 0 aliphatic carbocycles. The summed E-state index contributed by atoms with van der Waals surface area (Å²) in [6.45, 7) is 1.76. The third-order valence-electron chi connectivity index (χ3n) is 5.10. The number of nitrogens with zero attached hydrogens (tertiary/aromatic N) is 4. The van der Waals surface area contributed by atoms with Crippen LogP contribution in [0.4, 0.5) is 5.82 Å². The summed E-state index contributed by atoms with van der Waals surface area (Å²) in [5.74, 6) is 0.0676. The molecule has 4 rings (SSSR count). The molecule has 6 N–H and O–H groups in total. The van der Waals surface area contributed by atoms with Gasteiger partial charge in [0.05, 0.1) is 6.33 Å². The van der Waals surface area contributed by atoms with Crippen LogP contribution in [0.15, 0.2) is 36.9 Å². The molecule has 12 nitrogen and oxygen atoms in total. The van der Waals surface area contributed by atoms with Gasteiger partial charge in [-0.25, -0.2) is 15.0 Å². The van der Waals surface area contributed by atoms with Crippen molar-refractivity contribution in [2.45, 2.75) is 37.6 Å². The Morgan fingerprint density at radius 2 is 2.12 bits per heavy atom. The molecule has 170 valence electrons.